The van der Waals surface area contributed by atoms with E-state index in [9.17, 15) is 5.11 Å². The van der Waals surface area contributed by atoms with Crippen molar-refractivity contribution in [3.05, 3.63) is 40.5 Å². The van der Waals surface area contributed by atoms with Crippen molar-refractivity contribution in [1.82, 2.24) is 0 Å². The first-order chi connectivity index (χ1) is 10.5. The summed E-state index contributed by atoms with van der Waals surface area (Å²) < 4.78 is 0. The van der Waals surface area contributed by atoms with Gasteiger partial charge in [-0.3, -0.25) is 0 Å². The normalized spacial score (nSPS) is 38.5. The van der Waals surface area contributed by atoms with Gasteiger partial charge in [0.1, 0.15) is 5.75 Å². The summed E-state index contributed by atoms with van der Waals surface area (Å²) in [5.74, 6) is 2.94. The van der Waals surface area contributed by atoms with E-state index in [1.807, 2.05) is 13.0 Å². The van der Waals surface area contributed by atoms with Crippen LogP contribution >= 0.6 is 0 Å². The second-order valence-corrected chi connectivity index (χ2v) is 8.06. The molecule has 22 heavy (non-hydrogen) atoms. The lowest BCUT2D eigenvalue weighted by atomic mass is 9.55. The van der Waals surface area contributed by atoms with Gasteiger partial charge in [0.15, 0.2) is 0 Å². The van der Waals surface area contributed by atoms with E-state index in [1.54, 1.807) is 11.1 Å². The summed E-state index contributed by atoms with van der Waals surface area (Å²) in [4.78, 5) is 0. The third-order valence-corrected chi connectivity index (χ3v) is 7.24. The number of aryl methyl sites for hydroxylation is 2. The van der Waals surface area contributed by atoms with Gasteiger partial charge < -0.3 is 5.11 Å². The van der Waals surface area contributed by atoms with E-state index in [-0.39, 0.29) is 0 Å². The van der Waals surface area contributed by atoms with Crippen LogP contribution in [0.25, 0.3) is 0 Å². The van der Waals surface area contributed by atoms with Crippen LogP contribution in [0, 0.1) is 24.2 Å². The molecule has 0 spiro atoms. The van der Waals surface area contributed by atoms with Crippen molar-refractivity contribution >= 4 is 0 Å². The van der Waals surface area contributed by atoms with Crippen LogP contribution < -0.4 is 0 Å². The lowest BCUT2D eigenvalue weighted by Crippen LogP contribution is -2.40. The predicted molar refractivity (Wildman–Crippen MR) is 91.2 cm³/mol. The maximum Gasteiger partial charge on any atom is 0.118 e. The summed E-state index contributed by atoms with van der Waals surface area (Å²) in [7, 11) is 0. The van der Waals surface area contributed by atoms with Crippen LogP contribution in [0.2, 0.25) is 0 Å². The van der Waals surface area contributed by atoms with Crippen LogP contribution in [0.15, 0.2) is 23.8 Å². The fourth-order valence-corrected chi connectivity index (χ4v) is 6.04. The molecule has 1 nitrogen and oxygen atoms in total. The van der Waals surface area contributed by atoms with Crippen LogP contribution in [0.5, 0.6) is 5.75 Å². The minimum atomic E-state index is 0.472. The molecule has 0 heterocycles. The van der Waals surface area contributed by atoms with Crippen molar-refractivity contribution in [3.63, 3.8) is 0 Å². The summed E-state index contributed by atoms with van der Waals surface area (Å²) in [6.45, 7) is 6.81. The van der Waals surface area contributed by atoms with Gasteiger partial charge in [-0.05, 0) is 98.3 Å². The molecule has 0 aliphatic heterocycles. The molecule has 4 rings (SSSR count). The summed E-state index contributed by atoms with van der Waals surface area (Å²) in [5, 5.41) is 10.0. The average molecular weight is 296 g/mol. The molecule has 2 saturated carbocycles. The first kappa shape index (κ1) is 14.4. The smallest absolute Gasteiger partial charge is 0.118 e. The standard InChI is InChI=1S/C21H28O/c1-4-15-6-8-19-17-7-5-14-12-20(22)13(2)11-18(14)16(17)9-10-21(15,19)3/h4,11-12,16-17,19,22H,5-10H2,1-3H3/t16-,17+,19-,21+/m0/s1. The average Bonchev–Trinajstić information content (AvgIpc) is 2.85. The van der Waals surface area contributed by atoms with Crippen molar-refractivity contribution in [3.8, 4) is 5.75 Å². The van der Waals surface area contributed by atoms with Crippen molar-refractivity contribution in [2.45, 2.75) is 65.2 Å². The van der Waals surface area contributed by atoms with Crippen LogP contribution in [-0.4, -0.2) is 5.11 Å². The Morgan fingerprint density at radius 2 is 2.00 bits per heavy atom. The molecular formula is C21H28O. The third kappa shape index (κ3) is 1.84. The van der Waals surface area contributed by atoms with Gasteiger partial charge in [-0.2, -0.15) is 0 Å². The number of phenols is 1. The van der Waals surface area contributed by atoms with Gasteiger partial charge in [-0.1, -0.05) is 24.6 Å². The van der Waals surface area contributed by atoms with Crippen molar-refractivity contribution < 1.29 is 5.11 Å². The molecule has 4 atom stereocenters. The Labute approximate surface area is 134 Å². The Morgan fingerprint density at radius 1 is 1.18 bits per heavy atom. The van der Waals surface area contributed by atoms with E-state index in [4.69, 9.17) is 0 Å². The molecule has 0 unspecified atom stereocenters. The quantitative estimate of drug-likeness (QED) is 0.626. The van der Waals surface area contributed by atoms with E-state index in [0.29, 0.717) is 11.2 Å². The Bertz CT molecular complexity index is 642. The molecule has 0 radical (unpaired) electrons. The van der Waals surface area contributed by atoms with Crippen LogP contribution in [0.4, 0.5) is 0 Å². The highest BCUT2D eigenvalue weighted by atomic mass is 16.3. The Hall–Kier alpha value is -1.24. The van der Waals surface area contributed by atoms with Crippen LogP contribution in [0.1, 0.15) is 68.6 Å². The first-order valence-electron chi connectivity index (χ1n) is 9.02. The number of hydrogen-bond donors (Lipinski definition) is 1. The predicted octanol–water partition coefficient (Wildman–Crippen LogP) is 5.50. The molecule has 3 aliphatic carbocycles. The largest absolute Gasteiger partial charge is 0.508 e. The fraction of sp³-hybridized carbons (Fsp3) is 0.619. The Balaban J connectivity index is 1.73. The van der Waals surface area contributed by atoms with E-state index >= 15 is 0 Å². The fourth-order valence-electron chi connectivity index (χ4n) is 6.04. The zero-order chi connectivity index (χ0) is 15.5. The van der Waals surface area contributed by atoms with Crippen molar-refractivity contribution in [2.24, 2.45) is 17.3 Å². The number of aromatic hydroxyl groups is 1. The van der Waals surface area contributed by atoms with Crippen molar-refractivity contribution in [1.29, 1.82) is 0 Å². The van der Waals surface area contributed by atoms with E-state index in [1.165, 1.54) is 37.7 Å². The van der Waals surface area contributed by atoms with Gasteiger partial charge in [0.05, 0.1) is 0 Å². The molecule has 1 heteroatoms. The Kier molecular flexibility index (Phi) is 3.18. The number of benzene rings is 1. The summed E-state index contributed by atoms with van der Waals surface area (Å²) >= 11 is 0. The zero-order valence-electron chi connectivity index (χ0n) is 14.2. The SMILES string of the molecule is CC=C1CC[C@H]2[C@@H]3CCc4cc(O)c(C)cc4[C@H]3CC[C@]12C. The molecule has 0 saturated heterocycles. The van der Waals surface area contributed by atoms with Crippen LogP contribution in [0.3, 0.4) is 0 Å². The highest BCUT2D eigenvalue weighted by molar-refractivity contribution is 5.45. The highest BCUT2D eigenvalue weighted by Gasteiger charge is 2.52. The van der Waals surface area contributed by atoms with Gasteiger partial charge in [0, 0.05) is 0 Å². The number of allylic oxidation sites excluding steroid dienone is 2. The molecular weight excluding hydrogens is 268 g/mol. The van der Waals surface area contributed by atoms with Gasteiger partial charge >= 0.3 is 0 Å². The second kappa shape index (κ2) is 4.88. The molecule has 1 N–H and O–H groups in total. The van der Waals surface area contributed by atoms with Gasteiger partial charge in [-0.25, -0.2) is 0 Å². The van der Waals surface area contributed by atoms with Gasteiger partial charge in [0.2, 0.25) is 0 Å². The minimum Gasteiger partial charge on any atom is -0.508 e. The van der Waals surface area contributed by atoms with Gasteiger partial charge in [-0.15, -0.1) is 0 Å². The minimum absolute atomic E-state index is 0.472. The highest BCUT2D eigenvalue weighted by Crippen LogP contribution is 2.62. The maximum absolute atomic E-state index is 10.0. The van der Waals surface area contributed by atoms with E-state index in [0.717, 1.165) is 29.7 Å². The van der Waals surface area contributed by atoms with E-state index in [2.05, 4.69) is 26.0 Å². The molecule has 118 valence electrons. The van der Waals surface area contributed by atoms with Crippen molar-refractivity contribution in [2.75, 3.05) is 0 Å². The lowest BCUT2D eigenvalue weighted by molar-refractivity contribution is 0.0813. The lowest BCUT2D eigenvalue weighted by Gasteiger charge is -2.49. The van der Waals surface area contributed by atoms with E-state index < -0.39 is 0 Å². The molecule has 0 amide bonds. The number of phenolic OH excluding ortho intramolecular Hbond substituents is 1. The third-order valence-electron chi connectivity index (χ3n) is 7.24. The molecule has 2 fully saturated rings. The van der Waals surface area contributed by atoms with Gasteiger partial charge in [0.25, 0.3) is 0 Å². The molecule has 1 aromatic carbocycles. The molecule has 3 aliphatic rings. The monoisotopic (exact) mass is 296 g/mol. The Morgan fingerprint density at radius 3 is 2.77 bits per heavy atom. The molecule has 0 bridgehead atoms. The number of hydrogen-bond acceptors (Lipinski definition) is 1. The molecule has 1 aromatic rings. The molecule has 0 aromatic heterocycles. The number of fused-ring (bicyclic) bond motifs is 5. The topological polar surface area (TPSA) is 20.2 Å². The maximum atomic E-state index is 10.0. The van der Waals surface area contributed by atoms with Crippen LogP contribution in [-0.2, 0) is 6.42 Å². The second-order valence-electron chi connectivity index (χ2n) is 8.06. The first-order valence-corrected chi connectivity index (χ1v) is 9.02. The summed E-state index contributed by atoms with van der Waals surface area (Å²) in [6.07, 6.45) is 10.3. The summed E-state index contributed by atoms with van der Waals surface area (Å²) in [6, 6.07) is 4.33. The zero-order valence-corrected chi connectivity index (χ0v) is 14.2. The number of rotatable bonds is 0. The summed E-state index contributed by atoms with van der Waals surface area (Å²) in [5.41, 5.74) is 6.22.